The summed E-state index contributed by atoms with van der Waals surface area (Å²) in [7, 11) is 1.61. The molecule has 0 radical (unpaired) electrons. The third-order valence-electron chi connectivity index (χ3n) is 4.85. The lowest BCUT2D eigenvalue weighted by molar-refractivity contribution is -0.139. The molecule has 0 aliphatic rings. The number of carbonyl (C=O) groups excluding carboxylic acids is 2. The molecular weight excluding hydrogens is 408 g/mol. The molecule has 31 heavy (non-hydrogen) atoms. The van der Waals surface area contributed by atoms with Gasteiger partial charge in [0.1, 0.15) is 11.8 Å². The number of thiophene rings is 1. The normalized spacial score (nSPS) is 11.4. The average molecular weight is 435 g/mol. The van der Waals surface area contributed by atoms with Crippen molar-refractivity contribution in [1.29, 1.82) is 0 Å². The van der Waals surface area contributed by atoms with Crippen LogP contribution >= 0.6 is 11.3 Å². The molecule has 0 bridgehead atoms. The molecule has 1 N–H and O–H groups in total. The summed E-state index contributed by atoms with van der Waals surface area (Å²) in [4.78, 5) is 29.0. The summed E-state index contributed by atoms with van der Waals surface area (Å²) in [5.74, 6) is 0.410. The number of hydrogen-bond donors (Lipinski definition) is 1. The summed E-state index contributed by atoms with van der Waals surface area (Å²) < 4.78 is 5.18. The monoisotopic (exact) mass is 434 g/mol. The standard InChI is InChI=1S/C25H26N2O3S/c1-3-15-27(23(28)17-22-10-7-16-31-22)24(20-8-5-4-6-9-20)25(29)26-18-19-11-13-21(30-2)14-12-19/h3-14,16,24H,1,15,17-18H2,2H3,(H,26,29)/t24-/m1/s1. The SMILES string of the molecule is C=CCN(C(=O)Cc1cccs1)[C@@H](C(=O)NCc1ccc(OC)cc1)c1ccccc1. The maximum atomic E-state index is 13.3. The number of nitrogens with zero attached hydrogens (tertiary/aromatic N) is 1. The van der Waals surface area contributed by atoms with Gasteiger partial charge in [0.15, 0.2) is 0 Å². The summed E-state index contributed by atoms with van der Waals surface area (Å²) in [6, 6.07) is 20.0. The summed E-state index contributed by atoms with van der Waals surface area (Å²) in [5, 5.41) is 4.92. The molecule has 1 heterocycles. The van der Waals surface area contributed by atoms with E-state index < -0.39 is 6.04 Å². The first-order chi connectivity index (χ1) is 15.1. The first kappa shape index (κ1) is 22.3. The van der Waals surface area contributed by atoms with E-state index in [0.717, 1.165) is 21.8 Å². The van der Waals surface area contributed by atoms with Gasteiger partial charge in [0.25, 0.3) is 0 Å². The molecule has 160 valence electrons. The number of amides is 2. The van der Waals surface area contributed by atoms with Crippen molar-refractivity contribution in [3.05, 3.63) is 101 Å². The van der Waals surface area contributed by atoms with Gasteiger partial charge in [-0.2, -0.15) is 0 Å². The number of methoxy groups -OCH3 is 1. The van der Waals surface area contributed by atoms with Gasteiger partial charge in [0.2, 0.25) is 11.8 Å². The molecule has 0 unspecified atom stereocenters. The van der Waals surface area contributed by atoms with Crippen molar-refractivity contribution in [1.82, 2.24) is 10.2 Å². The van der Waals surface area contributed by atoms with Gasteiger partial charge in [0, 0.05) is 18.0 Å². The molecule has 2 amide bonds. The van der Waals surface area contributed by atoms with Gasteiger partial charge in [0.05, 0.1) is 13.5 Å². The third kappa shape index (κ3) is 6.06. The van der Waals surface area contributed by atoms with Crippen LogP contribution in [0.5, 0.6) is 5.75 Å². The van der Waals surface area contributed by atoms with E-state index in [2.05, 4.69) is 11.9 Å². The zero-order chi connectivity index (χ0) is 22.1. The fraction of sp³-hybridized carbons (Fsp3) is 0.200. The predicted octanol–water partition coefficient (Wildman–Crippen LogP) is 4.37. The van der Waals surface area contributed by atoms with Crippen LogP contribution in [0.3, 0.4) is 0 Å². The van der Waals surface area contributed by atoms with Crippen LogP contribution in [0, 0.1) is 0 Å². The first-order valence-electron chi connectivity index (χ1n) is 10.0. The summed E-state index contributed by atoms with van der Waals surface area (Å²) in [5.41, 5.74) is 1.71. The Morgan fingerprint density at radius 3 is 2.45 bits per heavy atom. The molecular formula is C25H26N2O3S. The molecule has 6 heteroatoms. The Hall–Kier alpha value is -3.38. The van der Waals surface area contributed by atoms with Crippen LogP contribution < -0.4 is 10.1 Å². The quantitative estimate of drug-likeness (QED) is 0.482. The fourth-order valence-electron chi connectivity index (χ4n) is 3.29. The number of nitrogens with one attached hydrogen (secondary N) is 1. The van der Waals surface area contributed by atoms with Crippen LogP contribution in [-0.4, -0.2) is 30.4 Å². The summed E-state index contributed by atoms with van der Waals surface area (Å²) in [6.07, 6.45) is 1.90. The zero-order valence-corrected chi connectivity index (χ0v) is 18.3. The Labute approximate surface area is 187 Å². The number of rotatable bonds is 10. The van der Waals surface area contributed by atoms with Gasteiger partial charge < -0.3 is 15.0 Å². The van der Waals surface area contributed by atoms with Crippen molar-refractivity contribution in [2.45, 2.75) is 19.0 Å². The van der Waals surface area contributed by atoms with Crippen molar-refractivity contribution in [3.8, 4) is 5.75 Å². The largest absolute Gasteiger partial charge is 0.497 e. The van der Waals surface area contributed by atoms with E-state index in [1.807, 2.05) is 72.1 Å². The molecule has 0 aliphatic heterocycles. The van der Waals surface area contributed by atoms with Gasteiger partial charge >= 0.3 is 0 Å². The molecule has 1 aromatic heterocycles. The lowest BCUT2D eigenvalue weighted by atomic mass is 10.0. The van der Waals surface area contributed by atoms with Crippen LogP contribution in [0.4, 0.5) is 0 Å². The van der Waals surface area contributed by atoms with Crippen LogP contribution in [0.25, 0.3) is 0 Å². The smallest absolute Gasteiger partial charge is 0.247 e. The van der Waals surface area contributed by atoms with E-state index in [4.69, 9.17) is 4.74 Å². The van der Waals surface area contributed by atoms with Gasteiger partial charge in [-0.25, -0.2) is 0 Å². The fourth-order valence-corrected chi connectivity index (χ4v) is 3.99. The van der Waals surface area contributed by atoms with Gasteiger partial charge in [-0.1, -0.05) is 54.6 Å². The second-order valence-electron chi connectivity index (χ2n) is 6.97. The Kier molecular flexibility index (Phi) is 8.01. The Morgan fingerprint density at radius 2 is 1.84 bits per heavy atom. The van der Waals surface area contributed by atoms with Gasteiger partial charge in [-0.05, 0) is 34.7 Å². The van der Waals surface area contributed by atoms with Crippen LogP contribution in [-0.2, 0) is 22.6 Å². The minimum atomic E-state index is -0.745. The van der Waals surface area contributed by atoms with E-state index in [0.29, 0.717) is 6.54 Å². The highest BCUT2D eigenvalue weighted by atomic mass is 32.1. The molecule has 0 saturated heterocycles. The number of carbonyl (C=O) groups is 2. The number of hydrogen-bond acceptors (Lipinski definition) is 4. The highest BCUT2D eigenvalue weighted by Crippen LogP contribution is 2.23. The lowest BCUT2D eigenvalue weighted by Gasteiger charge is -2.30. The van der Waals surface area contributed by atoms with Gasteiger partial charge in [-0.15, -0.1) is 17.9 Å². The Morgan fingerprint density at radius 1 is 1.10 bits per heavy atom. The molecule has 3 aromatic rings. The lowest BCUT2D eigenvalue weighted by Crippen LogP contribution is -2.44. The molecule has 5 nitrogen and oxygen atoms in total. The maximum absolute atomic E-state index is 13.3. The van der Waals surface area contributed by atoms with Gasteiger partial charge in [-0.3, -0.25) is 9.59 Å². The predicted molar refractivity (Wildman–Crippen MR) is 124 cm³/mol. The van der Waals surface area contributed by atoms with E-state index in [9.17, 15) is 9.59 Å². The minimum absolute atomic E-state index is 0.115. The molecule has 1 atom stereocenters. The topological polar surface area (TPSA) is 58.6 Å². The molecule has 2 aromatic carbocycles. The molecule has 3 rings (SSSR count). The van der Waals surface area contributed by atoms with Crippen molar-refractivity contribution in [2.24, 2.45) is 0 Å². The van der Waals surface area contributed by atoms with Crippen molar-refractivity contribution < 1.29 is 14.3 Å². The molecule has 0 aliphatic carbocycles. The Balaban J connectivity index is 1.81. The average Bonchev–Trinajstić information content (AvgIpc) is 3.31. The molecule has 0 fully saturated rings. The highest BCUT2D eigenvalue weighted by molar-refractivity contribution is 7.10. The van der Waals surface area contributed by atoms with Crippen LogP contribution in [0.2, 0.25) is 0 Å². The van der Waals surface area contributed by atoms with E-state index in [1.54, 1.807) is 18.1 Å². The van der Waals surface area contributed by atoms with E-state index in [-0.39, 0.29) is 24.8 Å². The third-order valence-corrected chi connectivity index (χ3v) is 5.73. The molecule has 0 saturated carbocycles. The van der Waals surface area contributed by atoms with Crippen molar-refractivity contribution >= 4 is 23.2 Å². The summed E-state index contributed by atoms with van der Waals surface area (Å²) >= 11 is 1.53. The van der Waals surface area contributed by atoms with Crippen LogP contribution in [0.1, 0.15) is 22.0 Å². The molecule has 0 spiro atoms. The minimum Gasteiger partial charge on any atom is -0.497 e. The van der Waals surface area contributed by atoms with E-state index >= 15 is 0 Å². The Bertz CT molecular complexity index is 985. The second-order valence-corrected chi connectivity index (χ2v) is 8.00. The second kappa shape index (κ2) is 11.1. The van der Waals surface area contributed by atoms with Crippen molar-refractivity contribution in [3.63, 3.8) is 0 Å². The van der Waals surface area contributed by atoms with Crippen LogP contribution in [0.15, 0.2) is 84.8 Å². The van der Waals surface area contributed by atoms with Crippen molar-refractivity contribution in [2.75, 3.05) is 13.7 Å². The maximum Gasteiger partial charge on any atom is 0.247 e. The first-order valence-corrected chi connectivity index (χ1v) is 10.9. The highest BCUT2D eigenvalue weighted by Gasteiger charge is 2.30. The van der Waals surface area contributed by atoms with E-state index in [1.165, 1.54) is 11.3 Å². The number of ether oxygens (including phenoxy) is 1. The number of benzene rings is 2. The zero-order valence-electron chi connectivity index (χ0n) is 17.5. The summed E-state index contributed by atoms with van der Waals surface area (Å²) in [6.45, 7) is 4.42.